The van der Waals surface area contributed by atoms with Crippen LogP contribution in [0.1, 0.15) is 174 Å². The maximum Gasteiger partial charge on any atom is 0.341 e. The number of hydrogen-bond acceptors (Lipinski definition) is 20. The summed E-state index contributed by atoms with van der Waals surface area (Å²) in [7, 11) is 6.65. The normalized spacial score (nSPS) is 34.6. The summed E-state index contributed by atoms with van der Waals surface area (Å²) in [5.41, 5.74) is 4.15. The van der Waals surface area contributed by atoms with E-state index in [1.165, 1.54) is 70.6 Å². The molecule has 0 N–H and O–H groups in total. The average Bonchev–Trinajstić information content (AvgIpc) is 1.32. The van der Waals surface area contributed by atoms with E-state index >= 15 is 0 Å². The van der Waals surface area contributed by atoms with Crippen LogP contribution in [0.5, 0.6) is 34.5 Å². The fraction of sp³-hybridized carbons (Fsp3) is 0.452. The number of hydrogen-bond donors (Lipinski definition) is 0. The fourth-order valence-electron chi connectivity index (χ4n) is 27.7. The zero-order chi connectivity index (χ0) is 91.6. The Morgan fingerprint density at radius 1 is 0.348 bits per heavy atom. The van der Waals surface area contributed by atoms with Gasteiger partial charge in [0.2, 0.25) is 23.1 Å². The van der Waals surface area contributed by atoms with Crippen LogP contribution >= 0.6 is 0 Å². The molecule has 135 heavy (non-hydrogen) atoms. The predicted octanol–water partition coefficient (Wildman–Crippen LogP) is 22.0. The summed E-state index contributed by atoms with van der Waals surface area (Å²) in [4.78, 5) is 41.2. The second-order valence-electron chi connectivity index (χ2n) is 41.6. The van der Waals surface area contributed by atoms with Gasteiger partial charge in [-0.1, -0.05) is 194 Å². The number of esters is 3. The van der Waals surface area contributed by atoms with E-state index in [-0.39, 0.29) is 55.0 Å². The van der Waals surface area contributed by atoms with Crippen LogP contribution in [0.15, 0.2) is 243 Å². The van der Waals surface area contributed by atoms with Gasteiger partial charge in [0.1, 0.15) is 51.3 Å². The molecule has 12 saturated carbocycles. The van der Waals surface area contributed by atoms with Gasteiger partial charge in [0, 0.05) is 45.4 Å². The lowest BCUT2D eigenvalue weighted by molar-refractivity contribution is -0.216. The molecule has 20 nitrogen and oxygen atoms in total. The Kier molecular flexibility index (Phi) is 22.9. The first-order valence-electron chi connectivity index (χ1n) is 49.2. The Balaban J connectivity index is 0.000000102. The molecule has 0 aromatic heterocycles. The highest BCUT2D eigenvalue weighted by atomic mass is 16.8. The number of benzene rings is 11. The van der Waals surface area contributed by atoms with Gasteiger partial charge in [-0.15, -0.1) is 0 Å². The molecule has 12 aliphatic carbocycles. The molecule has 6 heterocycles. The van der Waals surface area contributed by atoms with Crippen molar-refractivity contribution in [3.63, 3.8) is 0 Å². The summed E-state index contributed by atoms with van der Waals surface area (Å²) in [5, 5.41) is 6.10. The molecule has 9 unspecified atom stereocenters. The van der Waals surface area contributed by atoms with Crippen LogP contribution in [0.2, 0.25) is 0 Å². The van der Waals surface area contributed by atoms with Gasteiger partial charge in [-0.25, -0.2) is 14.4 Å². The minimum absolute atomic E-state index is 0.00714. The van der Waals surface area contributed by atoms with Crippen molar-refractivity contribution in [2.45, 2.75) is 193 Å². The summed E-state index contributed by atoms with van der Waals surface area (Å²) in [5.74, 6) is 5.68. The molecular weight excluding hydrogens is 1700 g/mol. The lowest BCUT2D eigenvalue weighted by Crippen LogP contribution is -2.58. The minimum Gasteiger partial charge on any atom is -0.497 e. The monoisotopic (exact) mass is 1820 g/mol. The Morgan fingerprint density at radius 3 is 1.23 bits per heavy atom. The highest BCUT2D eigenvalue weighted by Crippen LogP contribution is 2.64. The maximum absolute atomic E-state index is 13.9. The summed E-state index contributed by atoms with van der Waals surface area (Å²) in [6, 6.07) is 79.5. The quantitative estimate of drug-likeness (QED) is 0.0613. The molecule has 6 aliphatic heterocycles. The van der Waals surface area contributed by atoms with Crippen molar-refractivity contribution in [1.82, 2.24) is 0 Å². The van der Waals surface area contributed by atoms with E-state index in [4.69, 9.17) is 80.5 Å². The summed E-state index contributed by atoms with van der Waals surface area (Å²) in [6.07, 6.45) is 19.3. The van der Waals surface area contributed by atoms with Crippen LogP contribution in [0.25, 0.3) is 32.3 Å². The molecule has 1 spiro atoms. The number of ether oxygens (including phenoxy) is 17. The van der Waals surface area contributed by atoms with Gasteiger partial charge < -0.3 is 80.5 Å². The Hall–Kier alpha value is -10.8. The molecule has 17 fully saturated rings. The van der Waals surface area contributed by atoms with E-state index in [1.54, 1.807) is 28.4 Å². The van der Waals surface area contributed by atoms with Crippen LogP contribution in [0.3, 0.4) is 0 Å². The minimum atomic E-state index is -1.30. The lowest BCUT2D eigenvalue weighted by Gasteiger charge is -2.59. The Labute approximate surface area is 788 Å². The van der Waals surface area contributed by atoms with Gasteiger partial charge in [0.25, 0.3) is 0 Å². The van der Waals surface area contributed by atoms with Gasteiger partial charge in [-0.05, 0) is 253 Å². The molecule has 12 bridgehead atoms. The van der Waals surface area contributed by atoms with E-state index in [1.807, 2.05) is 231 Å². The van der Waals surface area contributed by atoms with Crippen LogP contribution in [0, 0.1) is 65.1 Å². The molecule has 0 radical (unpaired) electrons. The number of carbonyl (C=O) groups is 3. The van der Waals surface area contributed by atoms with E-state index < -0.39 is 46.6 Å². The number of methoxy groups -OCH3 is 4. The summed E-state index contributed by atoms with van der Waals surface area (Å²) in [6.45, 7) is 6.41. The van der Waals surface area contributed by atoms with Crippen LogP contribution in [-0.4, -0.2) is 127 Å². The molecular formula is C115H120O20. The predicted molar refractivity (Wildman–Crippen MR) is 506 cm³/mol. The molecule has 11 aromatic rings. The molecule has 0 amide bonds. The third-order valence-corrected chi connectivity index (χ3v) is 33.1. The van der Waals surface area contributed by atoms with Gasteiger partial charge in [-0.3, -0.25) is 0 Å². The number of fused-ring (bicyclic) bond motifs is 7. The molecule has 20 heteroatoms. The smallest absolute Gasteiger partial charge is 0.341 e. The SMILES string of the molecule is COc1c(C2(c3ccccc3)OCC(C(=O)OC3(C)C4CC5CC(C4)CC3C5)O2)ccc2ccccc12.COc1c(C2(c3ccccc3)OCC(C(=O)OC34CC5CC(CC(C5)C3)C4)O2)ccc2ccccc12.COc1c(C2(c3ccccc3)OCC(C)(C(=O)OC34CC5CC(CC(C5)C3)C4)O2)ccc2ccccc12.COc1ccc2c(c1)C1(OCC(C3CCOC3)O1)c1ccccc1O2. The van der Waals surface area contributed by atoms with Gasteiger partial charge in [-0.2, -0.15) is 0 Å². The summed E-state index contributed by atoms with van der Waals surface area (Å²) < 4.78 is 107. The number of para-hydroxylation sites is 1. The third-order valence-electron chi connectivity index (χ3n) is 33.1. The van der Waals surface area contributed by atoms with E-state index in [0.29, 0.717) is 77.1 Å². The van der Waals surface area contributed by atoms with Crippen molar-refractivity contribution in [2.24, 2.45) is 65.1 Å². The second kappa shape index (κ2) is 35.0. The average molecular weight is 1820 g/mol. The zero-order valence-corrected chi connectivity index (χ0v) is 77.8. The van der Waals surface area contributed by atoms with Crippen molar-refractivity contribution in [3.05, 3.63) is 287 Å². The van der Waals surface area contributed by atoms with E-state index in [9.17, 15) is 14.4 Å². The topological polar surface area (TPSA) is 208 Å². The zero-order valence-electron chi connectivity index (χ0n) is 77.8. The molecule has 29 rings (SSSR count). The molecule has 5 saturated heterocycles. The van der Waals surface area contributed by atoms with Gasteiger partial charge in [0.15, 0.2) is 17.8 Å². The largest absolute Gasteiger partial charge is 0.497 e. The molecule has 18 aliphatic rings. The van der Waals surface area contributed by atoms with Crippen molar-refractivity contribution < 1.29 is 94.9 Å². The molecule has 700 valence electrons. The van der Waals surface area contributed by atoms with Crippen molar-refractivity contribution in [1.29, 1.82) is 0 Å². The first-order valence-corrected chi connectivity index (χ1v) is 49.2. The van der Waals surface area contributed by atoms with Gasteiger partial charge in [0.05, 0.1) is 95.4 Å². The fourth-order valence-corrected chi connectivity index (χ4v) is 27.7. The van der Waals surface area contributed by atoms with Crippen molar-refractivity contribution >= 4 is 50.2 Å². The van der Waals surface area contributed by atoms with Crippen molar-refractivity contribution in [2.75, 3.05) is 68.1 Å². The van der Waals surface area contributed by atoms with Crippen LogP contribution in [0.4, 0.5) is 0 Å². The van der Waals surface area contributed by atoms with Crippen molar-refractivity contribution in [3.8, 4) is 34.5 Å². The molecule has 9 atom stereocenters. The van der Waals surface area contributed by atoms with Gasteiger partial charge >= 0.3 is 17.9 Å². The first kappa shape index (κ1) is 88.2. The van der Waals surface area contributed by atoms with Crippen LogP contribution in [-0.2, 0) is 94.4 Å². The lowest BCUT2D eigenvalue weighted by atomic mass is 9.50. The number of rotatable bonds is 17. The Bertz CT molecular complexity index is 6180. The summed E-state index contributed by atoms with van der Waals surface area (Å²) >= 11 is 0. The highest BCUT2D eigenvalue weighted by Gasteiger charge is 2.64. The van der Waals surface area contributed by atoms with Crippen LogP contribution < -0.4 is 23.7 Å². The third kappa shape index (κ3) is 15.6. The maximum atomic E-state index is 13.9. The number of carbonyl (C=O) groups excluding carboxylic acids is 3. The van der Waals surface area contributed by atoms with E-state index in [2.05, 4.69) is 25.1 Å². The molecule has 11 aromatic carbocycles. The first-order chi connectivity index (χ1) is 65.8. The van der Waals surface area contributed by atoms with E-state index in [0.717, 1.165) is 164 Å². The Morgan fingerprint density at radius 2 is 0.763 bits per heavy atom. The second-order valence-corrected chi connectivity index (χ2v) is 41.6. The standard InChI is InChI=1S/2C32H34O5.C31H32O5.C20H20O5/c1-30(29(33)36-31-17-21-14-22(18-31)16-23(15-21)19-31)20-35-32(37-30,25-9-4-3-5-10-25)27-13-12-24-8-6-7-11-26(24)28(27)34-2;1-31(24-15-20-14-21(17-24)18-25(31)16-20)37-30(33)28-19-35-32(36-28,23-9-4-3-5-10-23)27-13-12-22-8-6-7-11-26(22)29(27)34-2;1-33-28-25-10-6-5-7-23(25)11-12-26(28)31(24-8-3-2-4-9-24)34-19-27(35-31)29(32)36-30-16-20-13-21(17-30)15-22(14-20)18-30;1-21-14-6-7-18-16(10-14)20(15-4-2-3-5-17(15)24-18)23-12-19(25-20)13-8-9-22-11-13/h3-13,21-23H,14-20H2,1-2H3;3-13,20-21,24-25,28H,14-19H2,1-2H3;2-12,20-22,27H,13-19H2,1H3;2-7,10,13,19H,8-9,11-12H2,1H3. The highest BCUT2D eigenvalue weighted by molar-refractivity contribution is 5.93.